The number of imidazole rings is 1. The Labute approximate surface area is 122 Å². The van der Waals surface area contributed by atoms with E-state index in [4.69, 9.17) is 11.6 Å². The van der Waals surface area contributed by atoms with Crippen LogP contribution in [0.1, 0.15) is 6.92 Å². The van der Waals surface area contributed by atoms with E-state index in [0.29, 0.717) is 11.6 Å². The molecule has 0 aliphatic carbocycles. The smallest absolute Gasteiger partial charge is 0.330 e. The summed E-state index contributed by atoms with van der Waals surface area (Å²) in [5.74, 6) is -0.386. The molecule has 0 aliphatic heterocycles. The van der Waals surface area contributed by atoms with Gasteiger partial charge in [0.2, 0.25) is 0 Å². The Morgan fingerprint density at radius 1 is 1.33 bits per heavy atom. The second-order valence-corrected chi connectivity index (χ2v) is 4.85. The standard InChI is InChI=1S/C13H10ClFN4O2/c1-2-19-11-9(12(20)18-13(19)21)16-10(17-11)7-5-6(14)3-4-8(7)15/h3-5H,2H2,1H3,(H,16,17)(H,18,20,21). The summed E-state index contributed by atoms with van der Waals surface area (Å²) in [4.78, 5) is 32.6. The van der Waals surface area contributed by atoms with Crippen molar-refractivity contribution >= 4 is 22.8 Å². The molecule has 0 unspecified atom stereocenters. The molecular weight excluding hydrogens is 299 g/mol. The molecule has 0 saturated heterocycles. The molecule has 0 atom stereocenters. The molecule has 3 rings (SSSR count). The first-order valence-corrected chi connectivity index (χ1v) is 6.57. The number of benzene rings is 1. The molecule has 0 spiro atoms. The fraction of sp³-hybridized carbons (Fsp3) is 0.154. The number of aryl methyl sites for hydroxylation is 1. The lowest BCUT2D eigenvalue weighted by atomic mass is 10.2. The zero-order valence-electron chi connectivity index (χ0n) is 10.9. The van der Waals surface area contributed by atoms with Gasteiger partial charge in [0.15, 0.2) is 5.65 Å². The minimum absolute atomic E-state index is 0.117. The third-order valence-corrected chi connectivity index (χ3v) is 3.37. The van der Waals surface area contributed by atoms with Crippen LogP contribution in [0, 0.1) is 5.82 Å². The molecule has 3 aromatic rings. The molecule has 2 aromatic heterocycles. The van der Waals surface area contributed by atoms with E-state index in [0.717, 1.165) is 0 Å². The van der Waals surface area contributed by atoms with Crippen molar-refractivity contribution < 1.29 is 4.39 Å². The lowest BCUT2D eigenvalue weighted by Gasteiger charge is -2.00. The molecule has 0 fully saturated rings. The summed E-state index contributed by atoms with van der Waals surface area (Å²) in [6, 6.07) is 4.02. The summed E-state index contributed by atoms with van der Waals surface area (Å²) < 4.78 is 15.2. The molecule has 2 heterocycles. The van der Waals surface area contributed by atoms with Crippen molar-refractivity contribution in [3.63, 3.8) is 0 Å². The van der Waals surface area contributed by atoms with Crippen LogP contribution in [0.3, 0.4) is 0 Å². The number of rotatable bonds is 2. The summed E-state index contributed by atoms with van der Waals surface area (Å²) in [7, 11) is 0. The lowest BCUT2D eigenvalue weighted by molar-refractivity contribution is 0.630. The maximum atomic E-state index is 13.9. The Balaban J connectivity index is 2.36. The summed E-state index contributed by atoms with van der Waals surface area (Å²) >= 11 is 5.85. The third-order valence-electron chi connectivity index (χ3n) is 3.13. The van der Waals surface area contributed by atoms with Crippen molar-refractivity contribution in [2.24, 2.45) is 0 Å². The predicted octanol–water partition coefficient (Wildman–Crippen LogP) is 1.89. The number of hydrogen-bond acceptors (Lipinski definition) is 3. The van der Waals surface area contributed by atoms with Gasteiger partial charge in [-0.15, -0.1) is 0 Å². The Morgan fingerprint density at radius 2 is 2.10 bits per heavy atom. The van der Waals surface area contributed by atoms with Gasteiger partial charge in [0.05, 0.1) is 5.56 Å². The van der Waals surface area contributed by atoms with Crippen molar-refractivity contribution in [1.29, 1.82) is 0 Å². The average molecular weight is 309 g/mol. The van der Waals surface area contributed by atoms with Crippen LogP contribution in [-0.4, -0.2) is 19.5 Å². The Bertz CT molecular complexity index is 957. The molecule has 6 nitrogen and oxygen atoms in total. The van der Waals surface area contributed by atoms with Gasteiger partial charge in [-0.25, -0.2) is 14.2 Å². The number of halogens is 2. The zero-order chi connectivity index (χ0) is 15.1. The first-order valence-electron chi connectivity index (χ1n) is 6.19. The molecule has 108 valence electrons. The van der Waals surface area contributed by atoms with Gasteiger partial charge in [-0.05, 0) is 25.1 Å². The van der Waals surface area contributed by atoms with Gasteiger partial charge in [-0.1, -0.05) is 11.6 Å². The molecular formula is C13H10ClFN4O2. The number of hydrogen-bond donors (Lipinski definition) is 2. The van der Waals surface area contributed by atoms with Gasteiger partial charge in [0.1, 0.15) is 17.2 Å². The minimum atomic E-state index is -0.596. The van der Waals surface area contributed by atoms with Gasteiger partial charge >= 0.3 is 5.69 Å². The van der Waals surface area contributed by atoms with Crippen LogP contribution in [0.5, 0.6) is 0 Å². The first kappa shape index (κ1) is 13.6. The van der Waals surface area contributed by atoms with Crippen molar-refractivity contribution in [3.05, 3.63) is 49.9 Å². The van der Waals surface area contributed by atoms with Crippen molar-refractivity contribution in [1.82, 2.24) is 19.5 Å². The fourth-order valence-corrected chi connectivity index (χ4v) is 2.31. The molecule has 0 aliphatic rings. The third kappa shape index (κ3) is 2.15. The highest BCUT2D eigenvalue weighted by Gasteiger charge is 2.15. The molecule has 0 bridgehead atoms. The number of nitrogens with one attached hydrogen (secondary N) is 2. The van der Waals surface area contributed by atoms with E-state index in [1.54, 1.807) is 6.92 Å². The largest absolute Gasteiger partial charge is 0.332 e. The van der Waals surface area contributed by atoms with Gasteiger partial charge < -0.3 is 4.98 Å². The van der Waals surface area contributed by atoms with E-state index in [9.17, 15) is 14.0 Å². The highest BCUT2D eigenvalue weighted by Crippen LogP contribution is 2.24. The Morgan fingerprint density at radius 3 is 2.81 bits per heavy atom. The lowest BCUT2D eigenvalue weighted by Crippen LogP contribution is -2.29. The van der Waals surface area contributed by atoms with Crippen molar-refractivity contribution in [2.75, 3.05) is 0 Å². The van der Waals surface area contributed by atoms with E-state index in [-0.39, 0.29) is 22.6 Å². The number of H-pyrrole nitrogens is 2. The van der Waals surface area contributed by atoms with E-state index in [2.05, 4.69) is 15.0 Å². The van der Waals surface area contributed by atoms with Gasteiger partial charge in [0, 0.05) is 11.6 Å². The molecule has 8 heteroatoms. The van der Waals surface area contributed by atoms with E-state index >= 15 is 0 Å². The minimum Gasteiger partial charge on any atom is -0.332 e. The van der Waals surface area contributed by atoms with Crippen molar-refractivity contribution in [3.8, 4) is 11.4 Å². The second kappa shape index (κ2) is 4.85. The van der Waals surface area contributed by atoms with Crippen LogP contribution in [0.25, 0.3) is 22.6 Å². The quantitative estimate of drug-likeness (QED) is 0.758. The number of aromatic amines is 2. The van der Waals surface area contributed by atoms with Gasteiger partial charge in [0.25, 0.3) is 5.56 Å². The van der Waals surface area contributed by atoms with E-state index < -0.39 is 17.1 Å². The molecule has 0 radical (unpaired) electrons. The van der Waals surface area contributed by atoms with E-state index in [1.807, 2.05) is 0 Å². The van der Waals surface area contributed by atoms with Gasteiger partial charge in [-0.3, -0.25) is 14.3 Å². The van der Waals surface area contributed by atoms with Crippen LogP contribution < -0.4 is 11.2 Å². The highest BCUT2D eigenvalue weighted by atomic mass is 35.5. The Hall–Kier alpha value is -2.41. The maximum absolute atomic E-state index is 13.9. The fourth-order valence-electron chi connectivity index (χ4n) is 2.14. The molecule has 2 N–H and O–H groups in total. The second-order valence-electron chi connectivity index (χ2n) is 4.41. The summed E-state index contributed by atoms with van der Waals surface area (Å²) in [5, 5.41) is 0.341. The molecule has 0 amide bonds. The molecule has 1 aromatic carbocycles. The van der Waals surface area contributed by atoms with Crippen LogP contribution in [0.15, 0.2) is 27.8 Å². The van der Waals surface area contributed by atoms with E-state index in [1.165, 1.54) is 22.8 Å². The van der Waals surface area contributed by atoms with Crippen LogP contribution in [0.2, 0.25) is 5.02 Å². The predicted molar refractivity (Wildman–Crippen MR) is 77.1 cm³/mol. The molecule has 21 heavy (non-hydrogen) atoms. The molecule has 0 saturated carbocycles. The monoisotopic (exact) mass is 308 g/mol. The SMILES string of the molecule is CCn1c(=O)[nH]c(=O)c2[nH]c(-c3cc(Cl)ccc3F)nc21. The highest BCUT2D eigenvalue weighted by molar-refractivity contribution is 6.30. The summed E-state index contributed by atoms with van der Waals surface area (Å²) in [6.45, 7) is 2.07. The summed E-state index contributed by atoms with van der Waals surface area (Å²) in [5.41, 5.74) is -0.722. The maximum Gasteiger partial charge on any atom is 0.330 e. The van der Waals surface area contributed by atoms with Crippen LogP contribution >= 0.6 is 11.6 Å². The number of nitrogens with zero attached hydrogens (tertiary/aromatic N) is 2. The zero-order valence-corrected chi connectivity index (χ0v) is 11.7. The van der Waals surface area contributed by atoms with Crippen molar-refractivity contribution in [2.45, 2.75) is 13.5 Å². The van der Waals surface area contributed by atoms with Crippen LogP contribution in [-0.2, 0) is 6.54 Å². The van der Waals surface area contributed by atoms with Gasteiger partial charge in [-0.2, -0.15) is 0 Å². The average Bonchev–Trinajstić information content (AvgIpc) is 2.87. The normalized spacial score (nSPS) is 11.2. The summed E-state index contributed by atoms with van der Waals surface area (Å²) in [6.07, 6.45) is 0. The Kier molecular flexibility index (Phi) is 3.13. The van der Waals surface area contributed by atoms with Crippen LogP contribution in [0.4, 0.5) is 4.39 Å². The number of fused-ring (bicyclic) bond motifs is 1. The number of aromatic nitrogens is 4. The first-order chi connectivity index (χ1) is 10.0. The topological polar surface area (TPSA) is 83.5 Å².